The Kier molecular flexibility index (Phi) is 5.15. The zero-order valence-electron chi connectivity index (χ0n) is 12.2. The quantitative estimate of drug-likeness (QED) is 0.877. The first kappa shape index (κ1) is 15.0. The average Bonchev–Trinajstić information content (AvgIpc) is 2.89. The Labute approximate surface area is 124 Å². The second-order valence-electron chi connectivity index (χ2n) is 5.02. The fourth-order valence-corrected chi connectivity index (χ4v) is 3.04. The van der Waals surface area contributed by atoms with Gasteiger partial charge in [0, 0.05) is 0 Å². The van der Waals surface area contributed by atoms with Crippen molar-refractivity contribution in [1.29, 1.82) is 0 Å². The lowest BCUT2D eigenvalue weighted by Crippen LogP contribution is -1.97. The van der Waals surface area contributed by atoms with Gasteiger partial charge in [-0.15, -0.1) is 11.3 Å². The molecular weight excluding hydrogens is 270 g/mol. The van der Waals surface area contributed by atoms with Crippen LogP contribution in [-0.4, -0.2) is 10.1 Å². The van der Waals surface area contributed by atoms with Crippen LogP contribution in [0.15, 0.2) is 24.3 Å². The first-order valence-corrected chi connectivity index (χ1v) is 7.76. The molecule has 0 bridgehead atoms. The molecule has 1 heterocycles. The molecule has 2 rings (SSSR count). The third-order valence-electron chi connectivity index (χ3n) is 3.13. The highest BCUT2D eigenvalue weighted by atomic mass is 32.1. The Balaban J connectivity index is 2.06. The van der Waals surface area contributed by atoms with Crippen molar-refractivity contribution in [2.75, 3.05) is 0 Å². The SMILES string of the molecule is CCc1cccc(OCc2nc(C(C)C)c(CO)s2)c1. The van der Waals surface area contributed by atoms with Crippen molar-refractivity contribution in [3.8, 4) is 5.75 Å². The minimum Gasteiger partial charge on any atom is -0.486 e. The summed E-state index contributed by atoms with van der Waals surface area (Å²) in [6.07, 6.45) is 1.00. The molecular formula is C16H21NO2S. The summed E-state index contributed by atoms with van der Waals surface area (Å²) in [7, 11) is 0. The fraction of sp³-hybridized carbons (Fsp3) is 0.438. The Bertz CT molecular complexity index is 563. The summed E-state index contributed by atoms with van der Waals surface area (Å²) in [5, 5.41) is 10.3. The van der Waals surface area contributed by atoms with Crippen LogP contribution in [0.2, 0.25) is 0 Å². The zero-order chi connectivity index (χ0) is 14.5. The van der Waals surface area contributed by atoms with Crippen LogP contribution in [0.4, 0.5) is 0 Å². The summed E-state index contributed by atoms with van der Waals surface area (Å²) < 4.78 is 5.79. The zero-order valence-corrected chi connectivity index (χ0v) is 13.0. The van der Waals surface area contributed by atoms with E-state index < -0.39 is 0 Å². The molecule has 0 atom stereocenters. The lowest BCUT2D eigenvalue weighted by molar-refractivity contribution is 0.283. The summed E-state index contributed by atoms with van der Waals surface area (Å²) in [6, 6.07) is 8.12. The maximum absolute atomic E-state index is 9.36. The van der Waals surface area contributed by atoms with Gasteiger partial charge in [-0.25, -0.2) is 4.98 Å². The first-order chi connectivity index (χ1) is 9.63. The molecule has 0 amide bonds. The van der Waals surface area contributed by atoms with Crippen LogP contribution in [0.1, 0.15) is 47.8 Å². The van der Waals surface area contributed by atoms with E-state index in [-0.39, 0.29) is 6.61 Å². The van der Waals surface area contributed by atoms with Gasteiger partial charge in [-0.2, -0.15) is 0 Å². The fourth-order valence-electron chi connectivity index (χ4n) is 2.04. The van der Waals surface area contributed by atoms with Gasteiger partial charge in [0.05, 0.1) is 17.2 Å². The highest BCUT2D eigenvalue weighted by molar-refractivity contribution is 7.11. The summed E-state index contributed by atoms with van der Waals surface area (Å²) in [4.78, 5) is 5.52. The molecule has 0 radical (unpaired) electrons. The maximum atomic E-state index is 9.36. The van der Waals surface area contributed by atoms with Crippen LogP contribution >= 0.6 is 11.3 Å². The number of thiazole rings is 1. The molecule has 0 saturated carbocycles. The van der Waals surface area contributed by atoms with Crippen molar-refractivity contribution < 1.29 is 9.84 Å². The summed E-state index contributed by atoms with van der Waals surface area (Å²) >= 11 is 1.53. The van der Waals surface area contributed by atoms with Crippen molar-refractivity contribution in [1.82, 2.24) is 4.98 Å². The summed E-state index contributed by atoms with van der Waals surface area (Å²) in [5.74, 6) is 1.20. The predicted molar refractivity (Wildman–Crippen MR) is 82.3 cm³/mol. The molecule has 1 aromatic carbocycles. The van der Waals surface area contributed by atoms with Crippen molar-refractivity contribution in [2.45, 2.75) is 46.3 Å². The number of ether oxygens (including phenoxy) is 1. The van der Waals surface area contributed by atoms with Crippen LogP contribution in [0.25, 0.3) is 0 Å². The van der Waals surface area contributed by atoms with Crippen LogP contribution in [-0.2, 0) is 19.6 Å². The molecule has 0 aliphatic heterocycles. The van der Waals surface area contributed by atoms with Crippen molar-refractivity contribution in [2.24, 2.45) is 0 Å². The summed E-state index contributed by atoms with van der Waals surface area (Å²) in [5.41, 5.74) is 2.25. The highest BCUT2D eigenvalue weighted by Gasteiger charge is 2.13. The molecule has 20 heavy (non-hydrogen) atoms. The molecule has 0 spiro atoms. The smallest absolute Gasteiger partial charge is 0.140 e. The Hall–Kier alpha value is -1.39. The van der Waals surface area contributed by atoms with E-state index in [4.69, 9.17) is 4.74 Å². The topological polar surface area (TPSA) is 42.4 Å². The number of aliphatic hydroxyl groups is 1. The van der Waals surface area contributed by atoms with Crippen molar-refractivity contribution in [3.05, 3.63) is 45.4 Å². The third kappa shape index (κ3) is 3.58. The van der Waals surface area contributed by atoms with E-state index in [9.17, 15) is 5.11 Å². The van der Waals surface area contributed by atoms with E-state index in [1.54, 1.807) is 0 Å². The van der Waals surface area contributed by atoms with E-state index in [2.05, 4.69) is 37.9 Å². The monoisotopic (exact) mass is 291 g/mol. The number of benzene rings is 1. The lowest BCUT2D eigenvalue weighted by Gasteiger charge is -2.05. The lowest BCUT2D eigenvalue weighted by atomic mass is 10.1. The van der Waals surface area contributed by atoms with Crippen LogP contribution in [0.3, 0.4) is 0 Å². The molecule has 2 aromatic rings. The van der Waals surface area contributed by atoms with Crippen LogP contribution in [0, 0.1) is 0 Å². The molecule has 4 heteroatoms. The second kappa shape index (κ2) is 6.86. The summed E-state index contributed by atoms with van der Waals surface area (Å²) in [6.45, 7) is 6.81. The van der Waals surface area contributed by atoms with E-state index in [0.29, 0.717) is 12.5 Å². The largest absolute Gasteiger partial charge is 0.486 e. The molecule has 0 unspecified atom stereocenters. The molecule has 0 fully saturated rings. The van der Waals surface area contributed by atoms with E-state index in [1.807, 2.05) is 12.1 Å². The first-order valence-electron chi connectivity index (χ1n) is 6.95. The number of aliphatic hydroxyl groups excluding tert-OH is 1. The van der Waals surface area contributed by atoms with Gasteiger partial charge < -0.3 is 9.84 Å². The van der Waals surface area contributed by atoms with Gasteiger partial charge in [0.25, 0.3) is 0 Å². The third-order valence-corrected chi connectivity index (χ3v) is 4.16. The molecule has 108 valence electrons. The van der Waals surface area contributed by atoms with Crippen molar-refractivity contribution in [3.63, 3.8) is 0 Å². The molecule has 0 saturated heterocycles. The van der Waals surface area contributed by atoms with Gasteiger partial charge in [-0.3, -0.25) is 0 Å². The number of hydrogen-bond acceptors (Lipinski definition) is 4. The van der Waals surface area contributed by atoms with Crippen LogP contribution < -0.4 is 4.74 Å². The predicted octanol–water partition coefficient (Wildman–Crippen LogP) is 3.90. The van der Waals surface area contributed by atoms with Crippen molar-refractivity contribution >= 4 is 11.3 Å². The van der Waals surface area contributed by atoms with Gasteiger partial charge in [0.1, 0.15) is 17.4 Å². The normalized spacial score (nSPS) is 11.1. The second-order valence-corrected chi connectivity index (χ2v) is 6.19. The number of aromatic nitrogens is 1. The Morgan fingerprint density at radius 1 is 1.35 bits per heavy atom. The molecule has 3 nitrogen and oxygen atoms in total. The molecule has 1 aromatic heterocycles. The highest BCUT2D eigenvalue weighted by Crippen LogP contribution is 2.26. The number of rotatable bonds is 6. The Morgan fingerprint density at radius 3 is 2.75 bits per heavy atom. The van der Waals surface area contributed by atoms with Gasteiger partial charge in [0.2, 0.25) is 0 Å². The number of hydrogen-bond donors (Lipinski definition) is 1. The average molecular weight is 291 g/mol. The number of aryl methyl sites for hydroxylation is 1. The van der Waals surface area contributed by atoms with Crippen LogP contribution in [0.5, 0.6) is 5.75 Å². The number of nitrogens with zero attached hydrogens (tertiary/aromatic N) is 1. The van der Waals surface area contributed by atoms with E-state index in [1.165, 1.54) is 16.9 Å². The van der Waals surface area contributed by atoms with E-state index in [0.717, 1.165) is 27.7 Å². The minimum atomic E-state index is 0.0521. The Morgan fingerprint density at radius 2 is 2.15 bits per heavy atom. The molecule has 0 aliphatic carbocycles. The van der Waals surface area contributed by atoms with Gasteiger partial charge in [-0.1, -0.05) is 32.9 Å². The maximum Gasteiger partial charge on any atom is 0.140 e. The van der Waals surface area contributed by atoms with Gasteiger partial charge in [0.15, 0.2) is 0 Å². The standard InChI is InChI=1S/C16H21NO2S/c1-4-12-6-5-7-13(8-12)19-10-15-17-16(11(2)3)14(9-18)20-15/h5-8,11,18H,4,9-10H2,1-3H3. The molecule has 1 N–H and O–H groups in total. The minimum absolute atomic E-state index is 0.0521. The van der Waals surface area contributed by atoms with E-state index >= 15 is 0 Å². The van der Waals surface area contributed by atoms with Gasteiger partial charge in [-0.05, 0) is 30.0 Å². The van der Waals surface area contributed by atoms with Gasteiger partial charge >= 0.3 is 0 Å². The molecule has 0 aliphatic rings.